The minimum absolute atomic E-state index is 0.330. The predicted octanol–water partition coefficient (Wildman–Crippen LogP) is 2.25. The molecule has 1 saturated carbocycles. The molecule has 0 N–H and O–H groups in total. The molecule has 3 aliphatic rings. The Balaban J connectivity index is 1.53. The summed E-state index contributed by atoms with van der Waals surface area (Å²) >= 11 is 0. The Bertz CT molecular complexity index is 646. The van der Waals surface area contributed by atoms with E-state index in [0.29, 0.717) is 23.4 Å². The number of hydrogen-bond donors (Lipinski definition) is 0. The molecule has 5 nitrogen and oxygen atoms in total. The third kappa shape index (κ3) is 2.52. The number of aromatic nitrogens is 1. The summed E-state index contributed by atoms with van der Waals surface area (Å²) in [5.74, 6) is 0.923. The zero-order valence-corrected chi connectivity index (χ0v) is 13.7. The van der Waals surface area contributed by atoms with Crippen molar-refractivity contribution in [1.82, 2.24) is 9.29 Å². The van der Waals surface area contributed by atoms with Crippen LogP contribution in [0.4, 0.5) is 5.82 Å². The number of anilines is 1. The molecule has 0 bridgehead atoms. The fraction of sp³-hybridized carbons (Fsp3) is 0.688. The van der Waals surface area contributed by atoms with E-state index in [-0.39, 0.29) is 0 Å². The molecule has 22 heavy (non-hydrogen) atoms. The molecule has 2 aliphatic heterocycles. The first-order valence-electron chi connectivity index (χ1n) is 8.30. The van der Waals surface area contributed by atoms with Crippen molar-refractivity contribution in [2.24, 2.45) is 5.41 Å². The molecule has 1 aromatic heterocycles. The van der Waals surface area contributed by atoms with Gasteiger partial charge in [-0.1, -0.05) is 0 Å². The van der Waals surface area contributed by atoms with Gasteiger partial charge in [-0.05, 0) is 56.1 Å². The first kappa shape index (κ1) is 14.5. The van der Waals surface area contributed by atoms with Crippen molar-refractivity contribution >= 4 is 15.8 Å². The summed E-state index contributed by atoms with van der Waals surface area (Å²) < 4.78 is 26.6. The molecule has 0 amide bonds. The van der Waals surface area contributed by atoms with Gasteiger partial charge >= 0.3 is 0 Å². The van der Waals surface area contributed by atoms with Crippen molar-refractivity contribution in [2.75, 3.05) is 31.1 Å². The van der Waals surface area contributed by atoms with Crippen LogP contribution in [0.25, 0.3) is 0 Å². The maximum atomic E-state index is 12.5. The Kier molecular flexibility index (Phi) is 3.42. The molecular weight excluding hydrogens is 298 g/mol. The lowest BCUT2D eigenvalue weighted by molar-refractivity contribution is 0.393. The third-order valence-corrected chi connectivity index (χ3v) is 7.25. The standard InChI is InChI=1S/C16H23N3O2S/c20-22(21,19-10-1-2-11-19)14-4-5-15(17-12-14)18-9-3-6-16(13-18)7-8-16/h4-5,12H,1-3,6-11,13H2. The lowest BCUT2D eigenvalue weighted by atomic mass is 9.95. The number of piperidine rings is 1. The fourth-order valence-corrected chi connectivity index (χ4v) is 5.24. The summed E-state index contributed by atoms with van der Waals surface area (Å²) in [4.78, 5) is 7.11. The van der Waals surface area contributed by atoms with Gasteiger partial charge in [0.15, 0.2) is 0 Å². The molecule has 1 aliphatic carbocycles. The van der Waals surface area contributed by atoms with Crippen LogP contribution in [0.15, 0.2) is 23.2 Å². The highest BCUT2D eigenvalue weighted by Crippen LogP contribution is 2.52. The van der Waals surface area contributed by atoms with Gasteiger partial charge < -0.3 is 4.90 Å². The summed E-state index contributed by atoms with van der Waals surface area (Å²) in [7, 11) is -3.34. The molecule has 3 fully saturated rings. The largest absolute Gasteiger partial charge is 0.356 e. The zero-order valence-electron chi connectivity index (χ0n) is 12.9. The highest BCUT2D eigenvalue weighted by Gasteiger charge is 2.45. The Labute approximate surface area is 132 Å². The summed E-state index contributed by atoms with van der Waals surface area (Å²) in [5, 5.41) is 0. The van der Waals surface area contributed by atoms with Crippen molar-refractivity contribution in [1.29, 1.82) is 0 Å². The SMILES string of the molecule is O=S(=O)(c1ccc(N2CCCC3(CC3)C2)nc1)N1CCCC1. The Hall–Kier alpha value is -1.14. The van der Waals surface area contributed by atoms with E-state index in [1.807, 2.05) is 6.07 Å². The van der Waals surface area contributed by atoms with Crippen molar-refractivity contribution in [3.8, 4) is 0 Å². The lowest BCUT2D eigenvalue weighted by Gasteiger charge is -2.33. The lowest BCUT2D eigenvalue weighted by Crippen LogP contribution is -2.37. The summed E-state index contributed by atoms with van der Waals surface area (Å²) in [6.45, 7) is 3.39. The maximum Gasteiger partial charge on any atom is 0.244 e. The van der Waals surface area contributed by atoms with Crippen molar-refractivity contribution in [3.05, 3.63) is 18.3 Å². The average molecular weight is 321 g/mol. The van der Waals surface area contributed by atoms with Gasteiger partial charge in [-0.15, -0.1) is 0 Å². The molecule has 3 heterocycles. The molecule has 0 unspecified atom stereocenters. The van der Waals surface area contributed by atoms with E-state index in [2.05, 4.69) is 9.88 Å². The van der Waals surface area contributed by atoms with Crippen LogP contribution in [0.2, 0.25) is 0 Å². The van der Waals surface area contributed by atoms with Crippen LogP contribution in [-0.2, 0) is 10.0 Å². The summed E-state index contributed by atoms with van der Waals surface area (Å²) in [6.07, 6.45) is 8.69. The van der Waals surface area contributed by atoms with E-state index < -0.39 is 10.0 Å². The number of sulfonamides is 1. The second-order valence-corrected chi connectivity index (χ2v) is 8.93. The molecule has 4 rings (SSSR count). The molecule has 1 spiro atoms. The van der Waals surface area contributed by atoms with Crippen LogP contribution >= 0.6 is 0 Å². The van der Waals surface area contributed by atoms with Crippen LogP contribution in [-0.4, -0.2) is 43.9 Å². The number of hydrogen-bond acceptors (Lipinski definition) is 4. The molecule has 120 valence electrons. The monoisotopic (exact) mass is 321 g/mol. The highest BCUT2D eigenvalue weighted by atomic mass is 32.2. The third-order valence-electron chi connectivity index (χ3n) is 5.37. The first-order chi connectivity index (χ1) is 10.6. The molecular formula is C16H23N3O2S. The van der Waals surface area contributed by atoms with E-state index in [1.54, 1.807) is 10.4 Å². The maximum absolute atomic E-state index is 12.5. The highest BCUT2D eigenvalue weighted by molar-refractivity contribution is 7.89. The number of rotatable bonds is 3. The van der Waals surface area contributed by atoms with Crippen LogP contribution in [0.3, 0.4) is 0 Å². The van der Waals surface area contributed by atoms with Gasteiger partial charge in [-0.2, -0.15) is 4.31 Å². The van der Waals surface area contributed by atoms with E-state index in [9.17, 15) is 8.42 Å². The molecule has 0 radical (unpaired) electrons. The van der Waals surface area contributed by atoms with Crippen molar-refractivity contribution in [3.63, 3.8) is 0 Å². The summed E-state index contributed by atoms with van der Waals surface area (Å²) in [5.41, 5.74) is 0.542. The van der Waals surface area contributed by atoms with E-state index in [0.717, 1.165) is 31.7 Å². The minimum atomic E-state index is -3.34. The normalized spacial score (nSPS) is 24.8. The average Bonchev–Trinajstić information content (AvgIpc) is 3.06. The van der Waals surface area contributed by atoms with Gasteiger partial charge in [0.25, 0.3) is 0 Å². The Morgan fingerprint density at radius 1 is 1.00 bits per heavy atom. The fourth-order valence-electron chi connectivity index (χ4n) is 3.78. The second kappa shape index (κ2) is 5.20. The Morgan fingerprint density at radius 2 is 1.77 bits per heavy atom. The van der Waals surface area contributed by atoms with Crippen molar-refractivity contribution in [2.45, 2.75) is 43.4 Å². The smallest absolute Gasteiger partial charge is 0.244 e. The molecule has 0 aromatic carbocycles. The predicted molar refractivity (Wildman–Crippen MR) is 85.3 cm³/mol. The molecule has 6 heteroatoms. The molecule has 2 saturated heterocycles. The zero-order chi connectivity index (χ0) is 15.2. The van der Waals surface area contributed by atoms with Crippen LogP contribution in [0.1, 0.15) is 38.5 Å². The number of pyridine rings is 1. The second-order valence-electron chi connectivity index (χ2n) is 6.99. The van der Waals surface area contributed by atoms with Gasteiger partial charge in [-0.3, -0.25) is 0 Å². The minimum Gasteiger partial charge on any atom is -0.356 e. The number of nitrogens with zero attached hydrogens (tertiary/aromatic N) is 3. The molecule has 0 atom stereocenters. The van der Waals surface area contributed by atoms with Crippen LogP contribution < -0.4 is 4.90 Å². The van der Waals surface area contributed by atoms with Gasteiger partial charge in [0.1, 0.15) is 10.7 Å². The quantitative estimate of drug-likeness (QED) is 0.857. The summed E-state index contributed by atoms with van der Waals surface area (Å²) in [6, 6.07) is 3.61. The van der Waals surface area contributed by atoms with Crippen LogP contribution in [0.5, 0.6) is 0 Å². The van der Waals surface area contributed by atoms with E-state index in [1.165, 1.54) is 31.9 Å². The molecule has 1 aromatic rings. The van der Waals surface area contributed by atoms with Gasteiger partial charge in [0.05, 0.1) is 0 Å². The first-order valence-corrected chi connectivity index (χ1v) is 9.74. The van der Waals surface area contributed by atoms with Crippen LogP contribution in [0, 0.1) is 5.41 Å². The van der Waals surface area contributed by atoms with Gasteiger partial charge in [0, 0.05) is 32.4 Å². The topological polar surface area (TPSA) is 53.5 Å². The van der Waals surface area contributed by atoms with Crippen molar-refractivity contribution < 1.29 is 8.42 Å². The Morgan fingerprint density at radius 3 is 2.41 bits per heavy atom. The van der Waals surface area contributed by atoms with Gasteiger partial charge in [-0.25, -0.2) is 13.4 Å². The van der Waals surface area contributed by atoms with E-state index in [4.69, 9.17) is 0 Å². The van der Waals surface area contributed by atoms with E-state index >= 15 is 0 Å². The van der Waals surface area contributed by atoms with Gasteiger partial charge in [0.2, 0.25) is 10.0 Å².